The van der Waals surface area contributed by atoms with Crippen molar-refractivity contribution in [2.75, 3.05) is 5.73 Å². The number of hydrogen-bond donors (Lipinski definition) is 1. The monoisotopic (exact) mass is 203 g/mol. The smallest absolute Gasteiger partial charge is 0.165 e. The molecular weight excluding hydrogens is 186 g/mol. The fourth-order valence-corrected chi connectivity index (χ4v) is 2.34. The van der Waals surface area contributed by atoms with E-state index in [9.17, 15) is 4.79 Å². The summed E-state index contributed by atoms with van der Waals surface area (Å²) in [6.07, 6.45) is 5.65. The maximum Gasteiger partial charge on any atom is 0.165 e. The first-order valence-corrected chi connectivity index (χ1v) is 5.65. The second kappa shape index (κ2) is 4.47. The molecular formula is C13H17NO. The van der Waals surface area contributed by atoms with Crippen molar-refractivity contribution < 1.29 is 4.79 Å². The normalized spacial score (nSPS) is 16.8. The molecule has 0 amide bonds. The highest BCUT2D eigenvalue weighted by molar-refractivity contribution is 6.00. The summed E-state index contributed by atoms with van der Waals surface area (Å²) in [5.74, 6) is 0.803. The minimum absolute atomic E-state index is 0.208. The standard InChI is InChI=1S/C13H17NO/c14-12-8-4-3-7-11(12)13(15)9-10-5-1-2-6-10/h3-4,7-8,10H,1-2,5-6,9,14H2. The lowest BCUT2D eigenvalue weighted by atomic mass is 9.96. The van der Waals surface area contributed by atoms with Gasteiger partial charge in [0.1, 0.15) is 0 Å². The molecule has 0 spiro atoms. The van der Waals surface area contributed by atoms with Crippen molar-refractivity contribution >= 4 is 11.5 Å². The number of carbonyl (C=O) groups excluding carboxylic acids is 1. The van der Waals surface area contributed by atoms with E-state index in [1.54, 1.807) is 6.07 Å². The lowest BCUT2D eigenvalue weighted by molar-refractivity contribution is 0.0963. The predicted molar refractivity (Wildman–Crippen MR) is 61.8 cm³/mol. The molecule has 15 heavy (non-hydrogen) atoms. The highest BCUT2D eigenvalue weighted by Crippen LogP contribution is 2.29. The third-order valence-electron chi connectivity index (χ3n) is 3.21. The molecule has 1 fully saturated rings. The number of hydrogen-bond acceptors (Lipinski definition) is 2. The predicted octanol–water partition coefficient (Wildman–Crippen LogP) is 3.03. The van der Waals surface area contributed by atoms with E-state index in [4.69, 9.17) is 5.73 Å². The van der Waals surface area contributed by atoms with E-state index >= 15 is 0 Å². The highest BCUT2D eigenvalue weighted by atomic mass is 16.1. The molecule has 0 heterocycles. The van der Waals surface area contributed by atoms with Gasteiger partial charge in [0.2, 0.25) is 0 Å². The molecule has 0 saturated heterocycles. The van der Waals surface area contributed by atoms with Crippen LogP contribution in [0.2, 0.25) is 0 Å². The van der Waals surface area contributed by atoms with Gasteiger partial charge in [0.15, 0.2) is 5.78 Å². The minimum atomic E-state index is 0.208. The molecule has 2 heteroatoms. The quantitative estimate of drug-likeness (QED) is 0.606. The molecule has 0 radical (unpaired) electrons. The Labute approximate surface area is 90.5 Å². The third kappa shape index (κ3) is 2.38. The fourth-order valence-electron chi connectivity index (χ4n) is 2.34. The van der Waals surface area contributed by atoms with Gasteiger partial charge in [0, 0.05) is 17.7 Å². The average Bonchev–Trinajstić information content (AvgIpc) is 2.71. The van der Waals surface area contributed by atoms with Crippen LogP contribution < -0.4 is 5.73 Å². The number of anilines is 1. The van der Waals surface area contributed by atoms with Crippen LogP contribution in [0.5, 0.6) is 0 Å². The van der Waals surface area contributed by atoms with Crippen molar-refractivity contribution in [1.82, 2.24) is 0 Å². The summed E-state index contributed by atoms with van der Waals surface area (Å²) in [6.45, 7) is 0. The Morgan fingerprint density at radius 1 is 1.27 bits per heavy atom. The zero-order chi connectivity index (χ0) is 10.7. The number of benzene rings is 1. The van der Waals surface area contributed by atoms with Crippen LogP contribution in [0.3, 0.4) is 0 Å². The first kappa shape index (κ1) is 10.2. The maximum absolute atomic E-state index is 11.9. The zero-order valence-corrected chi connectivity index (χ0v) is 8.91. The number of carbonyl (C=O) groups is 1. The van der Waals surface area contributed by atoms with Gasteiger partial charge in [-0.1, -0.05) is 37.8 Å². The summed E-state index contributed by atoms with van der Waals surface area (Å²) >= 11 is 0. The van der Waals surface area contributed by atoms with Crippen LogP contribution in [0, 0.1) is 5.92 Å². The summed E-state index contributed by atoms with van der Waals surface area (Å²) < 4.78 is 0. The molecule has 2 N–H and O–H groups in total. The van der Waals surface area contributed by atoms with Gasteiger partial charge in [-0.05, 0) is 18.1 Å². The minimum Gasteiger partial charge on any atom is -0.398 e. The van der Waals surface area contributed by atoms with Crippen molar-refractivity contribution in [2.45, 2.75) is 32.1 Å². The fraction of sp³-hybridized carbons (Fsp3) is 0.462. The first-order chi connectivity index (χ1) is 7.27. The molecule has 0 unspecified atom stereocenters. The van der Waals surface area contributed by atoms with Crippen molar-refractivity contribution in [3.8, 4) is 0 Å². The van der Waals surface area contributed by atoms with E-state index in [0.717, 1.165) is 0 Å². The Hall–Kier alpha value is -1.31. The Balaban J connectivity index is 2.04. The van der Waals surface area contributed by atoms with E-state index < -0.39 is 0 Å². The van der Waals surface area contributed by atoms with Crippen molar-refractivity contribution in [3.05, 3.63) is 29.8 Å². The van der Waals surface area contributed by atoms with Gasteiger partial charge in [0.25, 0.3) is 0 Å². The SMILES string of the molecule is Nc1ccccc1C(=O)CC1CCCC1. The molecule has 1 aromatic carbocycles. The molecule has 0 aliphatic heterocycles. The number of nitrogen functional groups attached to an aromatic ring is 1. The van der Waals surface area contributed by atoms with Gasteiger partial charge < -0.3 is 5.73 Å². The van der Waals surface area contributed by atoms with Crippen molar-refractivity contribution in [3.63, 3.8) is 0 Å². The lowest BCUT2D eigenvalue weighted by Crippen LogP contribution is -2.08. The van der Waals surface area contributed by atoms with E-state index in [0.29, 0.717) is 23.6 Å². The van der Waals surface area contributed by atoms with E-state index in [1.165, 1.54) is 25.7 Å². The van der Waals surface area contributed by atoms with Gasteiger partial charge in [-0.3, -0.25) is 4.79 Å². The Morgan fingerprint density at radius 3 is 2.60 bits per heavy atom. The molecule has 1 aliphatic carbocycles. The van der Waals surface area contributed by atoms with Gasteiger partial charge in [0.05, 0.1) is 0 Å². The van der Waals surface area contributed by atoms with Crippen LogP contribution in [-0.4, -0.2) is 5.78 Å². The molecule has 0 atom stereocenters. The number of Topliss-reactive ketones (excluding diaryl/α,β-unsaturated/α-hetero) is 1. The van der Waals surface area contributed by atoms with E-state index in [2.05, 4.69) is 0 Å². The Morgan fingerprint density at radius 2 is 1.93 bits per heavy atom. The molecule has 1 aromatic rings. The van der Waals surface area contributed by atoms with Crippen molar-refractivity contribution in [2.24, 2.45) is 5.92 Å². The van der Waals surface area contributed by atoms with Gasteiger partial charge in [-0.25, -0.2) is 0 Å². The van der Waals surface area contributed by atoms with Crippen LogP contribution in [0.25, 0.3) is 0 Å². The molecule has 2 nitrogen and oxygen atoms in total. The van der Waals surface area contributed by atoms with Crippen molar-refractivity contribution in [1.29, 1.82) is 0 Å². The molecule has 0 aromatic heterocycles. The van der Waals surface area contributed by atoms with Crippen LogP contribution in [0.4, 0.5) is 5.69 Å². The largest absolute Gasteiger partial charge is 0.398 e. The maximum atomic E-state index is 11.9. The number of rotatable bonds is 3. The summed E-state index contributed by atoms with van der Waals surface area (Å²) in [5, 5.41) is 0. The van der Waals surface area contributed by atoms with Gasteiger partial charge in [-0.15, -0.1) is 0 Å². The van der Waals surface area contributed by atoms with E-state index in [-0.39, 0.29) is 5.78 Å². The van der Waals surface area contributed by atoms with Gasteiger partial charge >= 0.3 is 0 Å². The highest BCUT2D eigenvalue weighted by Gasteiger charge is 2.19. The second-order valence-electron chi connectivity index (χ2n) is 4.37. The third-order valence-corrected chi connectivity index (χ3v) is 3.21. The van der Waals surface area contributed by atoms with Crippen LogP contribution in [0.15, 0.2) is 24.3 Å². The Bertz CT molecular complexity index is 353. The van der Waals surface area contributed by atoms with Crippen LogP contribution in [0.1, 0.15) is 42.5 Å². The van der Waals surface area contributed by atoms with Gasteiger partial charge in [-0.2, -0.15) is 0 Å². The number of ketones is 1. The lowest BCUT2D eigenvalue weighted by Gasteiger charge is -2.09. The molecule has 1 saturated carbocycles. The molecule has 2 rings (SSSR count). The summed E-state index contributed by atoms with van der Waals surface area (Å²) in [7, 11) is 0. The zero-order valence-electron chi connectivity index (χ0n) is 8.91. The first-order valence-electron chi connectivity index (χ1n) is 5.65. The number of para-hydroxylation sites is 1. The van der Waals surface area contributed by atoms with Crippen LogP contribution >= 0.6 is 0 Å². The number of nitrogens with two attached hydrogens (primary N) is 1. The molecule has 80 valence electrons. The van der Waals surface area contributed by atoms with E-state index in [1.807, 2.05) is 18.2 Å². The summed E-state index contributed by atoms with van der Waals surface area (Å²) in [6, 6.07) is 7.36. The summed E-state index contributed by atoms with van der Waals surface area (Å²) in [4.78, 5) is 11.9. The van der Waals surface area contributed by atoms with Crippen LogP contribution in [-0.2, 0) is 0 Å². The average molecular weight is 203 g/mol. The molecule has 0 bridgehead atoms. The Kier molecular flexibility index (Phi) is 3.05. The second-order valence-corrected chi connectivity index (χ2v) is 4.37. The summed E-state index contributed by atoms with van der Waals surface area (Å²) in [5.41, 5.74) is 7.08. The molecule has 1 aliphatic rings. The topological polar surface area (TPSA) is 43.1 Å².